The van der Waals surface area contributed by atoms with Crippen LogP contribution in [0.5, 0.6) is 0 Å². The number of fused-ring (bicyclic) bond motifs is 5. The summed E-state index contributed by atoms with van der Waals surface area (Å²) in [4.78, 5) is 14.4. The summed E-state index contributed by atoms with van der Waals surface area (Å²) in [6, 6.07) is 19.4. The molecule has 8 nitrogen and oxygen atoms in total. The van der Waals surface area contributed by atoms with Crippen LogP contribution in [0.25, 0.3) is 49.0 Å². The van der Waals surface area contributed by atoms with Gasteiger partial charge in [-0.1, -0.05) is 111 Å². The van der Waals surface area contributed by atoms with Crippen molar-refractivity contribution in [2.45, 2.75) is 13.8 Å². The number of aliphatic imine (C=N–C) groups is 3. The summed E-state index contributed by atoms with van der Waals surface area (Å²) in [7, 11) is 0. The van der Waals surface area contributed by atoms with Gasteiger partial charge < -0.3 is 20.4 Å². The maximum absolute atomic E-state index is 11.2. The van der Waals surface area contributed by atoms with Crippen LogP contribution in [0.2, 0.25) is 0 Å². The van der Waals surface area contributed by atoms with E-state index in [1.165, 1.54) is 0 Å². The van der Waals surface area contributed by atoms with Crippen LogP contribution in [0.15, 0.2) is 155 Å². The summed E-state index contributed by atoms with van der Waals surface area (Å²) in [6.07, 6.45) is 15.1. The molecule has 0 aliphatic carbocycles. The fourth-order valence-electron chi connectivity index (χ4n) is 5.91. The largest absolute Gasteiger partial charge is 0.509 e. The summed E-state index contributed by atoms with van der Waals surface area (Å²) in [5.41, 5.74) is 4.92. The minimum Gasteiger partial charge on any atom is -0.509 e. The molecule has 0 amide bonds. The van der Waals surface area contributed by atoms with E-state index in [9.17, 15) is 20.4 Å². The van der Waals surface area contributed by atoms with E-state index in [4.69, 9.17) is 9.98 Å². The molecular weight excluding hydrogens is 669 g/mol. The molecule has 0 saturated carbocycles. The summed E-state index contributed by atoms with van der Waals surface area (Å²) in [5.74, 6) is -0.877. The predicted molar refractivity (Wildman–Crippen MR) is 221 cm³/mol. The zero-order valence-corrected chi connectivity index (χ0v) is 29.9. The molecule has 2 aromatic heterocycles. The van der Waals surface area contributed by atoms with Gasteiger partial charge in [-0.15, -0.1) is 11.3 Å². The lowest BCUT2D eigenvalue weighted by molar-refractivity contribution is 0.302. The number of benzene rings is 3. The van der Waals surface area contributed by atoms with Crippen molar-refractivity contribution < 1.29 is 20.4 Å². The molecular formula is C43H40N4O4S. The standard InChI is InChI=1S/C43H40N4O4S/c1-7-11-17-28(10-4)25-45-42(30-18-13-12-14-19-30)46-43(44-6)47-34-22-20-31(29(15-8-2)16-9-3)24-33(34)32-21-23-36-38(39(32)47)37(35(50)26-48)41(52-36)40(51)27(5)49/h7-24,48-51H,1-2,5-6,25-26H2,3-4H3/b16-9-,17-11-,28-10+,29-15+,37-35+,41-40-,45-42?,46-43?. The normalized spacial score (nSPS) is 14.5. The average Bonchev–Trinajstić information content (AvgIpc) is 3.71. The molecule has 262 valence electrons. The molecule has 3 aromatic carbocycles. The van der Waals surface area contributed by atoms with Crippen LogP contribution < -0.4 is 9.75 Å². The fraction of sp³-hybridized carbons (Fsp3) is 0.0930. The van der Waals surface area contributed by atoms with Gasteiger partial charge in [0.1, 0.15) is 12.4 Å². The third kappa shape index (κ3) is 7.27. The molecule has 0 unspecified atom stereocenters. The highest BCUT2D eigenvalue weighted by Crippen LogP contribution is 2.36. The molecule has 0 radical (unpaired) electrons. The highest BCUT2D eigenvalue weighted by atomic mass is 32.1. The first-order chi connectivity index (χ1) is 25.2. The quantitative estimate of drug-likeness (QED) is 0.0502. The van der Waals surface area contributed by atoms with E-state index < -0.39 is 23.9 Å². The monoisotopic (exact) mass is 708 g/mol. The summed E-state index contributed by atoms with van der Waals surface area (Å²) < 4.78 is 2.65. The predicted octanol–water partition coefficient (Wildman–Crippen LogP) is 8.59. The Kier molecular flexibility index (Phi) is 11.8. The van der Waals surface area contributed by atoms with E-state index in [0.29, 0.717) is 28.0 Å². The van der Waals surface area contributed by atoms with E-state index >= 15 is 0 Å². The van der Waals surface area contributed by atoms with Gasteiger partial charge in [-0.05, 0) is 55.5 Å². The Balaban J connectivity index is 2.00. The lowest BCUT2D eigenvalue weighted by atomic mass is 10.0. The Hall–Kier alpha value is -6.29. The number of allylic oxidation sites excluding steroid dienone is 8. The molecule has 0 aliphatic rings. The third-order valence-electron chi connectivity index (χ3n) is 8.29. The van der Waals surface area contributed by atoms with Crippen LogP contribution in [-0.2, 0) is 0 Å². The molecule has 9 heteroatoms. The number of hydrogen-bond donors (Lipinski definition) is 4. The SMILES string of the molecule is C=C/C=C\C(=C/C)CN=C(N=C(N=C)n1c2ccc(C(/C=C\C)=C/C=C)cc2c2ccc3sc(=C(\O)C(=C)O)/c(=C(/O)CO)c3c21)c1ccccc1. The van der Waals surface area contributed by atoms with Crippen molar-refractivity contribution in [1.29, 1.82) is 0 Å². The van der Waals surface area contributed by atoms with E-state index in [1.807, 2.05) is 109 Å². The van der Waals surface area contributed by atoms with Gasteiger partial charge >= 0.3 is 0 Å². The zero-order valence-electron chi connectivity index (χ0n) is 29.1. The number of thiophene rings is 1. The minimum absolute atomic E-state index is 0.145. The molecule has 5 rings (SSSR count). The smallest absolute Gasteiger partial charge is 0.236 e. The number of aliphatic hydroxyl groups excluding tert-OH is 4. The fourth-order valence-corrected chi connectivity index (χ4v) is 7.11. The molecule has 5 aromatic rings. The van der Waals surface area contributed by atoms with Gasteiger partial charge in [0.25, 0.3) is 0 Å². The van der Waals surface area contributed by atoms with Gasteiger partial charge in [0.2, 0.25) is 5.96 Å². The van der Waals surface area contributed by atoms with Crippen LogP contribution in [0.4, 0.5) is 0 Å². The lowest BCUT2D eigenvalue weighted by Gasteiger charge is -2.10. The van der Waals surface area contributed by atoms with Gasteiger partial charge in [0, 0.05) is 31.6 Å². The van der Waals surface area contributed by atoms with Crippen molar-refractivity contribution in [2.24, 2.45) is 15.0 Å². The average molecular weight is 709 g/mol. The number of rotatable bonds is 10. The molecule has 0 bridgehead atoms. The highest BCUT2D eigenvalue weighted by Gasteiger charge is 2.22. The lowest BCUT2D eigenvalue weighted by Crippen LogP contribution is -2.27. The number of nitrogens with zero attached hydrogens (tertiary/aromatic N) is 4. The van der Waals surface area contributed by atoms with Crippen molar-refractivity contribution >= 4 is 78.8 Å². The Morgan fingerprint density at radius 3 is 2.33 bits per heavy atom. The number of amidine groups is 1. The Morgan fingerprint density at radius 1 is 0.923 bits per heavy atom. The van der Waals surface area contributed by atoms with Crippen molar-refractivity contribution in [3.63, 3.8) is 0 Å². The van der Waals surface area contributed by atoms with Crippen LogP contribution in [0.1, 0.15) is 25.0 Å². The maximum atomic E-state index is 11.2. The van der Waals surface area contributed by atoms with E-state index in [-0.39, 0.29) is 15.7 Å². The minimum atomic E-state index is -0.719. The van der Waals surface area contributed by atoms with Gasteiger partial charge in [-0.3, -0.25) is 9.56 Å². The van der Waals surface area contributed by atoms with Gasteiger partial charge in [0.15, 0.2) is 17.4 Å². The first-order valence-electron chi connectivity index (χ1n) is 16.4. The maximum Gasteiger partial charge on any atom is 0.236 e. The molecule has 0 spiro atoms. The molecule has 0 fully saturated rings. The van der Waals surface area contributed by atoms with Gasteiger partial charge in [0.05, 0.1) is 22.1 Å². The van der Waals surface area contributed by atoms with E-state index in [1.54, 1.807) is 12.2 Å². The van der Waals surface area contributed by atoms with Gasteiger partial charge in [-0.2, -0.15) is 4.99 Å². The highest BCUT2D eigenvalue weighted by molar-refractivity contribution is 7.17. The third-order valence-corrected chi connectivity index (χ3v) is 9.45. The second-order valence-electron chi connectivity index (χ2n) is 11.5. The Morgan fingerprint density at radius 2 is 1.69 bits per heavy atom. The van der Waals surface area contributed by atoms with Gasteiger partial charge in [-0.25, -0.2) is 4.99 Å². The molecule has 2 heterocycles. The Bertz CT molecular complexity index is 2540. The number of aliphatic hydroxyl groups is 4. The first kappa shape index (κ1) is 37.0. The van der Waals surface area contributed by atoms with Crippen LogP contribution >= 0.6 is 11.3 Å². The molecule has 4 N–H and O–H groups in total. The summed E-state index contributed by atoms with van der Waals surface area (Å²) in [5, 5.41) is 44.8. The van der Waals surface area contributed by atoms with E-state index in [2.05, 4.69) is 37.5 Å². The molecule has 0 atom stereocenters. The van der Waals surface area contributed by atoms with Crippen molar-refractivity contribution in [1.82, 2.24) is 4.57 Å². The first-order valence-corrected chi connectivity index (χ1v) is 17.2. The van der Waals surface area contributed by atoms with E-state index in [0.717, 1.165) is 49.9 Å². The van der Waals surface area contributed by atoms with Crippen molar-refractivity contribution in [3.05, 3.63) is 161 Å². The van der Waals surface area contributed by atoms with Crippen molar-refractivity contribution in [3.8, 4) is 0 Å². The second-order valence-corrected chi connectivity index (χ2v) is 12.6. The molecule has 0 saturated heterocycles. The van der Waals surface area contributed by atoms with Crippen LogP contribution in [-0.4, -0.2) is 56.7 Å². The molecule has 0 aliphatic heterocycles. The summed E-state index contributed by atoms with van der Waals surface area (Å²) in [6.45, 7) is 18.6. The van der Waals surface area contributed by atoms with Crippen LogP contribution in [0.3, 0.4) is 0 Å². The number of hydrogen-bond acceptors (Lipinski definition) is 6. The molecule has 52 heavy (non-hydrogen) atoms. The zero-order chi connectivity index (χ0) is 37.4. The number of aromatic nitrogens is 1. The topological polar surface area (TPSA) is 123 Å². The summed E-state index contributed by atoms with van der Waals surface area (Å²) >= 11 is 1.14. The second kappa shape index (κ2) is 16.6. The van der Waals surface area contributed by atoms with Crippen LogP contribution in [0, 0.1) is 0 Å². The Labute approximate surface area is 306 Å². The van der Waals surface area contributed by atoms with Crippen molar-refractivity contribution in [2.75, 3.05) is 13.2 Å².